The average Bonchev–Trinajstić information content (AvgIpc) is 2.81. The number of benzene rings is 1. The summed E-state index contributed by atoms with van der Waals surface area (Å²) < 4.78 is 0.923. The van der Waals surface area contributed by atoms with E-state index < -0.39 is 5.41 Å². The molecule has 2 aromatic rings. The summed E-state index contributed by atoms with van der Waals surface area (Å²) in [5, 5.41) is 4.00. The molecule has 0 aliphatic rings. The Labute approximate surface area is 137 Å². The highest BCUT2D eigenvalue weighted by Gasteiger charge is 2.38. The molecule has 0 fully saturated rings. The van der Waals surface area contributed by atoms with Crippen LogP contribution in [0.2, 0.25) is 5.02 Å². The first-order chi connectivity index (χ1) is 9.92. The number of aromatic nitrogens is 1. The Morgan fingerprint density at radius 3 is 2.71 bits per heavy atom. The van der Waals surface area contributed by atoms with Crippen molar-refractivity contribution in [2.75, 3.05) is 5.32 Å². The number of amides is 1. The molecule has 1 amide bonds. The maximum absolute atomic E-state index is 12.5. The van der Waals surface area contributed by atoms with E-state index in [1.165, 1.54) is 11.3 Å². The van der Waals surface area contributed by atoms with Gasteiger partial charge in [0.15, 0.2) is 5.13 Å². The van der Waals surface area contributed by atoms with E-state index in [4.69, 9.17) is 29.6 Å². The standard InChI is InChI=1S/C14H16ClN3OS2/c1-3-14(4-2,11(16)20)12(19)18-13-17-9-6-5-8(15)7-10(9)21-13/h5-7H,3-4H2,1-2H3,(H2,16,20)(H,17,18,19). The van der Waals surface area contributed by atoms with Crippen molar-refractivity contribution in [2.24, 2.45) is 11.1 Å². The fourth-order valence-electron chi connectivity index (χ4n) is 2.20. The van der Waals surface area contributed by atoms with Crippen LogP contribution in [0.5, 0.6) is 0 Å². The predicted molar refractivity (Wildman–Crippen MR) is 93.1 cm³/mol. The minimum atomic E-state index is -0.829. The highest BCUT2D eigenvalue weighted by molar-refractivity contribution is 7.80. The second-order valence-electron chi connectivity index (χ2n) is 4.74. The molecule has 0 spiro atoms. The monoisotopic (exact) mass is 341 g/mol. The zero-order valence-electron chi connectivity index (χ0n) is 11.8. The molecule has 0 aliphatic heterocycles. The van der Waals surface area contributed by atoms with Gasteiger partial charge in [0.1, 0.15) is 0 Å². The SMILES string of the molecule is CCC(CC)(C(=O)Nc1nc2ccc(Cl)cc2s1)C(N)=S. The Kier molecular flexibility index (Phi) is 4.81. The van der Waals surface area contributed by atoms with Crippen LogP contribution in [0.15, 0.2) is 18.2 Å². The van der Waals surface area contributed by atoms with E-state index >= 15 is 0 Å². The normalized spacial score (nSPS) is 11.6. The van der Waals surface area contributed by atoms with Gasteiger partial charge in [-0.2, -0.15) is 0 Å². The zero-order chi connectivity index (χ0) is 15.6. The topological polar surface area (TPSA) is 68.0 Å². The summed E-state index contributed by atoms with van der Waals surface area (Å²) >= 11 is 12.4. The van der Waals surface area contributed by atoms with E-state index in [1.54, 1.807) is 6.07 Å². The van der Waals surface area contributed by atoms with Crippen LogP contribution in [0, 0.1) is 5.41 Å². The van der Waals surface area contributed by atoms with E-state index in [9.17, 15) is 4.79 Å². The quantitative estimate of drug-likeness (QED) is 0.807. The summed E-state index contributed by atoms with van der Waals surface area (Å²) in [5.74, 6) is -0.204. The number of carbonyl (C=O) groups is 1. The van der Waals surface area contributed by atoms with Crippen molar-refractivity contribution < 1.29 is 4.79 Å². The lowest BCUT2D eigenvalue weighted by molar-refractivity contribution is -0.122. The number of nitrogens with two attached hydrogens (primary N) is 1. The Morgan fingerprint density at radius 1 is 1.48 bits per heavy atom. The van der Waals surface area contributed by atoms with Crippen molar-refractivity contribution in [1.29, 1.82) is 0 Å². The van der Waals surface area contributed by atoms with Crippen LogP contribution in [-0.2, 0) is 4.79 Å². The molecule has 3 N–H and O–H groups in total. The van der Waals surface area contributed by atoms with E-state index in [1.807, 2.05) is 26.0 Å². The third-order valence-electron chi connectivity index (χ3n) is 3.68. The van der Waals surface area contributed by atoms with Crippen LogP contribution in [0.3, 0.4) is 0 Å². The molecule has 112 valence electrons. The summed E-state index contributed by atoms with van der Waals surface area (Å²) in [5.41, 5.74) is 5.75. The summed E-state index contributed by atoms with van der Waals surface area (Å²) in [4.78, 5) is 17.1. The number of nitrogens with one attached hydrogen (secondary N) is 1. The molecule has 7 heteroatoms. The van der Waals surface area contributed by atoms with Crippen molar-refractivity contribution >= 4 is 61.4 Å². The number of anilines is 1. The summed E-state index contributed by atoms with van der Waals surface area (Å²) in [7, 11) is 0. The van der Waals surface area contributed by atoms with Gasteiger partial charge in [0.2, 0.25) is 5.91 Å². The third-order valence-corrected chi connectivity index (χ3v) is 5.24. The summed E-state index contributed by atoms with van der Waals surface area (Å²) in [6, 6.07) is 5.42. The summed E-state index contributed by atoms with van der Waals surface area (Å²) in [6.07, 6.45) is 1.11. The first-order valence-corrected chi connectivity index (χ1v) is 8.20. The van der Waals surface area contributed by atoms with Crippen LogP contribution in [-0.4, -0.2) is 15.9 Å². The number of hydrogen-bond acceptors (Lipinski definition) is 4. The minimum absolute atomic E-state index is 0.204. The molecule has 0 unspecified atom stereocenters. The highest BCUT2D eigenvalue weighted by atomic mass is 35.5. The molecule has 0 radical (unpaired) electrons. The van der Waals surface area contributed by atoms with E-state index in [2.05, 4.69) is 10.3 Å². The van der Waals surface area contributed by atoms with Gasteiger partial charge in [0.25, 0.3) is 0 Å². The van der Waals surface area contributed by atoms with Crippen LogP contribution < -0.4 is 11.1 Å². The van der Waals surface area contributed by atoms with Crippen LogP contribution in [0.25, 0.3) is 10.2 Å². The number of rotatable bonds is 5. The van der Waals surface area contributed by atoms with Gasteiger partial charge in [-0.3, -0.25) is 4.79 Å². The molecule has 0 saturated heterocycles. The van der Waals surface area contributed by atoms with E-state index in [0.717, 1.165) is 10.2 Å². The summed E-state index contributed by atoms with van der Waals surface area (Å²) in [6.45, 7) is 3.81. The van der Waals surface area contributed by atoms with Gasteiger partial charge in [-0.1, -0.05) is 49.0 Å². The van der Waals surface area contributed by atoms with Crippen LogP contribution >= 0.6 is 35.2 Å². The Morgan fingerprint density at radius 2 is 2.14 bits per heavy atom. The lowest BCUT2D eigenvalue weighted by Gasteiger charge is -2.28. The molecular formula is C14H16ClN3OS2. The maximum atomic E-state index is 12.5. The third kappa shape index (κ3) is 3.02. The first-order valence-electron chi connectivity index (χ1n) is 6.60. The van der Waals surface area contributed by atoms with Gasteiger partial charge in [-0.15, -0.1) is 0 Å². The van der Waals surface area contributed by atoms with Crippen molar-refractivity contribution in [3.63, 3.8) is 0 Å². The smallest absolute Gasteiger partial charge is 0.239 e. The first kappa shape index (κ1) is 16.1. The molecule has 2 rings (SSSR count). The van der Waals surface area contributed by atoms with Gasteiger partial charge in [-0.05, 0) is 31.0 Å². The lowest BCUT2D eigenvalue weighted by Crippen LogP contribution is -2.45. The van der Waals surface area contributed by atoms with Gasteiger partial charge >= 0.3 is 0 Å². The van der Waals surface area contributed by atoms with E-state index in [0.29, 0.717) is 23.0 Å². The fourth-order valence-corrected chi connectivity index (χ4v) is 3.72. The number of thiocarbonyl (C=S) groups is 1. The average molecular weight is 342 g/mol. The number of halogens is 1. The van der Waals surface area contributed by atoms with Crippen LogP contribution in [0.1, 0.15) is 26.7 Å². The molecule has 1 heterocycles. The molecule has 0 saturated carbocycles. The number of nitrogens with zero attached hydrogens (tertiary/aromatic N) is 1. The molecule has 1 aromatic heterocycles. The number of thiazole rings is 1. The second kappa shape index (κ2) is 6.25. The zero-order valence-corrected chi connectivity index (χ0v) is 14.2. The van der Waals surface area contributed by atoms with Crippen molar-refractivity contribution in [2.45, 2.75) is 26.7 Å². The van der Waals surface area contributed by atoms with E-state index in [-0.39, 0.29) is 10.9 Å². The Bertz CT molecular complexity index is 695. The van der Waals surface area contributed by atoms with Crippen molar-refractivity contribution in [1.82, 2.24) is 4.98 Å². The van der Waals surface area contributed by atoms with Crippen LogP contribution in [0.4, 0.5) is 5.13 Å². The maximum Gasteiger partial charge on any atom is 0.239 e. The van der Waals surface area contributed by atoms with Crippen molar-refractivity contribution in [3.8, 4) is 0 Å². The molecule has 0 aliphatic carbocycles. The van der Waals surface area contributed by atoms with Crippen molar-refractivity contribution in [3.05, 3.63) is 23.2 Å². The Hall–Kier alpha value is -1.24. The largest absolute Gasteiger partial charge is 0.392 e. The predicted octanol–water partition coefficient (Wildman–Crippen LogP) is 3.98. The van der Waals surface area contributed by atoms with Gasteiger partial charge in [0.05, 0.1) is 20.6 Å². The van der Waals surface area contributed by atoms with Gasteiger partial charge < -0.3 is 11.1 Å². The number of fused-ring (bicyclic) bond motifs is 1. The lowest BCUT2D eigenvalue weighted by atomic mass is 9.81. The number of carbonyl (C=O) groups excluding carboxylic acids is 1. The fraction of sp³-hybridized carbons (Fsp3) is 0.357. The molecule has 4 nitrogen and oxygen atoms in total. The molecule has 0 atom stereocenters. The molecule has 1 aromatic carbocycles. The Balaban J connectivity index is 2.30. The van der Waals surface area contributed by atoms with Gasteiger partial charge in [-0.25, -0.2) is 4.98 Å². The molecular weight excluding hydrogens is 326 g/mol. The van der Waals surface area contributed by atoms with Gasteiger partial charge in [0, 0.05) is 5.02 Å². The minimum Gasteiger partial charge on any atom is -0.392 e. The molecule has 21 heavy (non-hydrogen) atoms. The molecule has 0 bridgehead atoms. The highest BCUT2D eigenvalue weighted by Crippen LogP contribution is 2.32. The second-order valence-corrected chi connectivity index (χ2v) is 6.65. The number of hydrogen-bond donors (Lipinski definition) is 2.